The Morgan fingerprint density at radius 2 is 2.54 bits per heavy atom. The van der Waals surface area contributed by atoms with Crippen LogP contribution in [-0.4, -0.2) is 27.7 Å². The molecule has 1 atom stereocenters. The lowest BCUT2D eigenvalue weighted by molar-refractivity contribution is 0.148. The van der Waals surface area contributed by atoms with Crippen molar-refractivity contribution in [2.45, 2.75) is 25.5 Å². The van der Waals surface area contributed by atoms with E-state index in [1.165, 1.54) is 12.8 Å². The largest absolute Gasteiger partial charge is 0.392 e. The van der Waals surface area contributed by atoms with Crippen LogP contribution in [0.15, 0.2) is 12.5 Å². The summed E-state index contributed by atoms with van der Waals surface area (Å²) in [7, 11) is 0. The first-order valence-electron chi connectivity index (χ1n) is 4.72. The van der Waals surface area contributed by atoms with Crippen LogP contribution in [0.5, 0.6) is 0 Å². The number of aromatic nitrogens is 2. The fraction of sp³-hybridized carbons (Fsp3) is 0.667. The van der Waals surface area contributed by atoms with Crippen molar-refractivity contribution in [2.75, 3.05) is 6.54 Å². The van der Waals surface area contributed by atoms with Gasteiger partial charge in [-0.05, 0) is 18.8 Å². The zero-order valence-electron chi connectivity index (χ0n) is 7.53. The minimum absolute atomic E-state index is 0.164. The van der Waals surface area contributed by atoms with E-state index < -0.39 is 0 Å². The molecule has 1 aliphatic rings. The molecule has 4 nitrogen and oxygen atoms in total. The summed E-state index contributed by atoms with van der Waals surface area (Å²) in [5, 5.41) is 12.7. The normalized spacial score (nSPS) is 18.8. The summed E-state index contributed by atoms with van der Waals surface area (Å²) < 4.78 is 0. The average molecular weight is 181 g/mol. The van der Waals surface area contributed by atoms with Gasteiger partial charge in [0.25, 0.3) is 0 Å². The first-order valence-corrected chi connectivity index (χ1v) is 4.72. The molecule has 0 amide bonds. The van der Waals surface area contributed by atoms with E-state index in [9.17, 15) is 5.11 Å². The van der Waals surface area contributed by atoms with Crippen LogP contribution in [0.1, 0.15) is 18.5 Å². The SMILES string of the molecule is OC(CNCc1cnc[nH]1)C1CC1. The fourth-order valence-electron chi connectivity index (χ4n) is 1.38. The van der Waals surface area contributed by atoms with Gasteiger partial charge in [0.1, 0.15) is 0 Å². The zero-order valence-corrected chi connectivity index (χ0v) is 7.53. The number of H-pyrrole nitrogens is 1. The van der Waals surface area contributed by atoms with Gasteiger partial charge in [-0.2, -0.15) is 0 Å². The molecule has 72 valence electrons. The first-order chi connectivity index (χ1) is 6.36. The maximum absolute atomic E-state index is 9.53. The van der Waals surface area contributed by atoms with Crippen LogP contribution in [0.2, 0.25) is 0 Å². The second-order valence-corrected chi connectivity index (χ2v) is 3.61. The third kappa shape index (κ3) is 2.54. The van der Waals surface area contributed by atoms with Crippen molar-refractivity contribution in [3.63, 3.8) is 0 Å². The highest BCUT2D eigenvalue weighted by Gasteiger charge is 2.28. The van der Waals surface area contributed by atoms with Crippen molar-refractivity contribution in [3.05, 3.63) is 18.2 Å². The Balaban J connectivity index is 1.63. The molecule has 0 radical (unpaired) electrons. The molecule has 0 saturated heterocycles. The first kappa shape index (κ1) is 8.72. The second kappa shape index (κ2) is 3.89. The van der Waals surface area contributed by atoms with Crippen molar-refractivity contribution < 1.29 is 5.11 Å². The Kier molecular flexibility index (Phi) is 2.61. The number of rotatable bonds is 5. The minimum Gasteiger partial charge on any atom is -0.392 e. The summed E-state index contributed by atoms with van der Waals surface area (Å²) >= 11 is 0. The van der Waals surface area contributed by atoms with Crippen LogP contribution in [0.4, 0.5) is 0 Å². The third-order valence-electron chi connectivity index (χ3n) is 2.39. The van der Waals surface area contributed by atoms with Gasteiger partial charge in [0.15, 0.2) is 0 Å². The van der Waals surface area contributed by atoms with Crippen LogP contribution in [0.3, 0.4) is 0 Å². The van der Waals surface area contributed by atoms with Crippen molar-refractivity contribution in [1.82, 2.24) is 15.3 Å². The minimum atomic E-state index is -0.164. The highest BCUT2D eigenvalue weighted by molar-refractivity contribution is 4.93. The molecule has 13 heavy (non-hydrogen) atoms. The van der Waals surface area contributed by atoms with E-state index in [2.05, 4.69) is 15.3 Å². The Labute approximate surface area is 77.4 Å². The highest BCUT2D eigenvalue weighted by atomic mass is 16.3. The quantitative estimate of drug-likeness (QED) is 0.611. The summed E-state index contributed by atoms with van der Waals surface area (Å²) in [4.78, 5) is 6.91. The summed E-state index contributed by atoms with van der Waals surface area (Å²) in [6.45, 7) is 1.44. The number of nitrogens with zero attached hydrogens (tertiary/aromatic N) is 1. The molecule has 1 saturated carbocycles. The van der Waals surface area contributed by atoms with Gasteiger partial charge in [0, 0.05) is 25.0 Å². The fourth-order valence-corrected chi connectivity index (χ4v) is 1.38. The number of imidazole rings is 1. The van der Waals surface area contributed by atoms with E-state index in [0.717, 1.165) is 12.2 Å². The van der Waals surface area contributed by atoms with E-state index >= 15 is 0 Å². The molecular formula is C9H15N3O. The molecular weight excluding hydrogens is 166 g/mol. The summed E-state index contributed by atoms with van der Waals surface area (Å²) in [5.41, 5.74) is 1.06. The van der Waals surface area contributed by atoms with Gasteiger partial charge in [-0.1, -0.05) is 0 Å². The molecule has 3 N–H and O–H groups in total. The van der Waals surface area contributed by atoms with Crippen molar-refractivity contribution in [2.24, 2.45) is 5.92 Å². The topological polar surface area (TPSA) is 60.9 Å². The van der Waals surface area contributed by atoms with E-state index in [-0.39, 0.29) is 6.10 Å². The maximum Gasteiger partial charge on any atom is 0.0922 e. The molecule has 0 spiro atoms. The lowest BCUT2D eigenvalue weighted by atomic mass is 10.2. The molecule has 0 aromatic carbocycles. The van der Waals surface area contributed by atoms with E-state index in [0.29, 0.717) is 12.5 Å². The van der Waals surface area contributed by atoms with Crippen LogP contribution in [0.25, 0.3) is 0 Å². The molecule has 4 heteroatoms. The maximum atomic E-state index is 9.53. The molecule has 1 fully saturated rings. The van der Waals surface area contributed by atoms with Gasteiger partial charge in [0.2, 0.25) is 0 Å². The summed E-state index contributed by atoms with van der Waals surface area (Å²) in [5.74, 6) is 0.550. The molecule has 1 unspecified atom stereocenters. The number of aliphatic hydroxyl groups excluding tert-OH is 1. The second-order valence-electron chi connectivity index (χ2n) is 3.61. The lowest BCUT2D eigenvalue weighted by Gasteiger charge is -2.09. The average Bonchev–Trinajstić information content (AvgIpc) is 2.86. The van der Waals surface area contributed by atoms with Gasteiger partial charge in [-0.15, -0.1) is 0 Å². The van der Waals surface area contributed by atoms with Gasteiger partial charge < -0.3 is 15.4 Å². The predicted molar refractivity (Wildman–Crippen MR) is 49.0 cm³/mol. The Bertz CT molecular complexity index is 243. The summed E-state index contributed by atoms with van der Waals surface area (Å²) in [6.07, 6.45) is 5.66. The predicted octanol–water partition coefficient (Wildman–Crippen LogP) is 0.270. The zero-order chi connectivity index (χ0) is 9.10. The van der Waals surface area contributed by atoms with Gasteiger partial charge in [0.05, 0.1) is 12.4 Å². The van der Waals surface area contributed by atoms with Crippen molar-refractivity contribution in [1.29, 1.82) is 0 Å². The number of hydrogen-bond acceptors (Lipinski definition) is 3. The van der Waals surface area contributed by atoms with Crippen LogP contribution in [0, 0.1) is 5.92 Å². The van der Waals surface area contributed by atoms with Gasteiger partial charge in [-0.3, -0.25) is 0 Å². The lowest BCUT2D eigenvalue weighted by Crippen LogP contribution is -2.27. The Morgan fingerprint density at radius 3 is 3.15 bits per heavy atom. The number of aromatic amines is 1. The standard InChI is InChI=1S/C9H15N3O/c13-9(7-1-2-7)5-10-3-8-4-11-6-12-8/h4,6-7,9-10,13H,1-3,5H2,(H,11,12). The van der Waals surface area contributed by atoms with Crippen molar-refractivity contribution in [3.8, 4) is 0 Å². The number of hydrogen-bond donors (Lipinski definition) is 3. The molecule has 1 aromatic heterocycles. The monoisotopic (exact) mass is 181 g/mol. The van der Waals surface area contributed by atoms with E-state index in [1.54, 1.807) is 12.5 Å². The third-order valence-corrected chi connectivity index (χ3v) is 2.39. The van der Waals surface area contributed by atoms with Crippen LogP contribution in [-0.2, 0) is 6.54 Å². The van der Waals surface area contributed by atoms with Crippen molar-refractivity contribution >= 4 is 0 Å². The molecule has 0 aliphatic heterocycles. The van der Waals surface area contributed by atoms with Crippen LogP contribution < -0.4 is 5.32 Å². The molecule has 1 aliphatic carbocycles. The Morgan fingerprint density at radius 1 is 1.69 bits per heavy atom. The van der Waals surface area contributed by atoms with E-state index in [4.69, 9.17) is 0 Å². The summed E-state index contributed by atoms with van der Waals surface area (Å²) in [6, 6.07) is 0. The van der Waals surface area contributed by atoms with Gasteiger partial charge in [-0.25, -0.2) is 4.98 Å². The van der Waals surface area contributed by atoms with E-state index in [1.807, 2.05) is 0 Å². The molecule has 1 heterocycles. The molecule has 0 bridgehead atoms. The smallest absolute Gasteiger partial charge is 0.0922 e. The Hall–Kier alpha value is -0.870. The highest BCUT2D eigenvalue weighted by Crippen LogP contribution is 2.32. The number of nitrogens with one attached hydrogen (secondary N) is 2. The van der Waals surface area contributed by atoms with Crippen LogP contribution >= 0.6 is 0 Å². The molecule has 1 aromatic rings. The number of aliphatic hydroxyl groups is 1. The van der Waals surface area contributed by atoms with Gasteiger partial charge >= 0.3 is 0 Å². The molecule has 2 rings (SSSR count).